The van der Waals surface area contributed by atoms with Crippen molar-refractivity contribution in [3.8, 4) is 0 Å². The van der Waals surface area contributed by atoms with E-state index in [1.54, 1.807) is 18.2 Å². The Morgan fingerprint density at radius 3 is 1.93 bits per heavy atom. The van der Waals surface area contributed by atoms with Crippen molar-refractivity contribution in [1.82, 2.24) is 4.90 Å². The highest BCUT2D eigenvalue weighted by Crippen LogP contribution is 2.31. The first-order valence-electron chi connectivity index (χ1n) is 8.94. The minimum Gasteiger partial charge on any atom is -0.324 e. The Hall–Kier alpha value is -3.73. The molecule has 0 unspecified atom stereocenters. The molecule has 1 aliphatic rings. The normalized spacial score (nSPS) is 13.0. The molecule has 0 aliphatic carbocycles. The first kappa shape index (κ1) is 17.7. The van der Waals surface area contributed by atoms with Crippen molar-refractivity contribution in [2.45, 2.75) is 5.92 Å². The Morgan fingerprint density at radius 2 is 1.36 bits per heavy atom. The van der Waals surface area contributed by atoms with E-state index in [4.69, 9.17) is 0 Å². The third-order valence-electron chi connectivity index (χ3n) is 4.90. The lowest BCUT2D eigenvalue weighted by Crippen LogP contribution is -2.25. The summed E-state index contributed by atoms with van der Waals surface area (Å²) >= 11 is 0. The van der Waals surface area contributed by atoms with E-state index in [1.807, 2.05) is 60.7 Å². The second-order valence-electron chi connectivity index (χ2n) is 6.64. The van der Waals surface area contributed by atoms with Gasteiger partial charge in [0.25, 0.3) is 11.8 Å². The van der Waals surface area contributed by atoms with Crippen molar-refractivity contribution in [2.75, 3.05) is 12.4 Å². The van der Waals surface area contributed by atoms with Crippen LogP contribution in [0.1, 0.15) is 37.8 Å². The van der Waals surface area contributed by atoms with Gasteiger partial charge in [0.1, 0.15) is 0 Å². The van der Waals surface area contributed by atoms with Crippen LogP contribution in [0, 0.1) is 0 Å². The van der Waals surface area contributed by atoms with Gasteiger partial charge in [-0.05, 0) is 23.3 Å². The Balaban J connectivity index is 1.73. The molecule has 0 radical (unpaired) electrons. The van der Waals surface area contributed by atoms with Crippen LogP contribution in [0.5, 0.6) is 0 Å². The van der Waals surface area contributed by atoms with Crippen molar-refractivity contribution in [3.05, 3.63) is 101 Å². The number of hydrogen-bond acceptors (Lipinski definition) is 3. The molecule has 0 saturated heterocycles. The maximum atomic E-state index is 13.3. The molecule has 0 saturated carbocycles. The molecule has 0 fully saturated rings. The van der Waals surface area contributed by atoms with Crippen LogP contribution in [0.4, 0.5) is 5.69 Å². The first-order chi connectivity index (χ1) is 13.6. The maximum absolute atomic E-state index is 13.3. The van der Waals surface area contributed by atoms with Crippen molar-refractivity contribution in [2.24, 2.45) is 0 Å². The highest BCUT2D eigenvalue weighted by Gasteiger charge is 2.35. The van der Waals surface area contributed by atoms with Gasteiger partial charge < -0.3 is 5.32 Å². The van der Waals surface area contributed by atoms with E-state index in [-0.39, 0.29) is 17.4 Å². The Morgan fingerprint density at radius 1 is 0.786 bits per heavy atom. The molecule has 28 heavy (non-hydrogen) atoms. The molecule has 1 aliphatic heterocycles. The summed E-state index contributed by atoms with van der Waals surface area (Å²) in [6.07, 6.45) is 0. The van der Waals surface area contributed by atoms with Crippen molar-refractivity contribution in [1.29, 1.82) is 0 Å². The van der Waals surface area contributed by atoms with Crippen LogP contribution in [-0.2, 0) is 4.79 Å². The molecule has 0 aromatic heterocycles. The summed E-state index contributed by atoms with van der Waals surface area (Å²) in [5, 5.41) is 2.87. The van der Waals surface area contributed by atoms with Gasteiger partial charge in [0.2, 0.25) is 5.91 Å². The van der Waals surface area contributed by atoms with Crippen molar-refractivity contribution in [3.63, 3.8) is 0 Å². The van der Waals surface area contributed by atoms with Crippen LogP contribution in [0.3, 0.4) is 0 Å². The molecule has 1 heterocycles. The average Bonchev–Trinajstić information content (AvgIpc) is 2.95. The van der Waals surface area contributed by atoms with Gasteiger partial charge in [0.05, 0.1) is 22.7 Å². The van der Waals surface area contributed by atoms with Gasteiger partial charge in [-0.15, -0.1) is 0 Å². The van der Waals surface area contributed by atoms with Crippen LogP contribution in [0.25, 0.3) is 0 Å². The second kappa shape index (κ2) is 7.12. The van der Waals surface area contributed by atoms with Crippen LogP contribution < -0.4 is 5.32 Å². The molecule has 3 aromatic carbocycles. The molecule has 0 bridgehead atoms. The summed E-state index contributed by atoms with van der Waals surface area (Å²) in [7, 11) is 1.44. The number of carbonyl (C=O) groups is 3. The van der Waals surface area contributed by atoms with E-state index >= 15 is 0 Å². The van der Waals surface area contributed by atoms with Gasteiger partial charge >= 0.3 is 0 Å². The van der Waals surface area contributed by atoms with Crippen molar-refractivity contribution >= 4 is 23.4 Å². The fourth-order valence-electron chi connectivity index (χ4n) is 3.50. The smallest absolute Gasteiger partial charge is 0.263 e. The van der Waals surface area contributed by atoms with Gasteiger partial charge in [0.15, 0.2) is 0 Å². The average molecular weight is 370 g/mol. The van der Waals surface area contributed by atoms with E-state index in [1.165, 1.54) is 7.05 Å². The van der Waals surface area contributed by atoms with Gasteiger partial charge in [-0.1, -0.05) is 66.7 Å². The van der Waals surface area contributed by atoms with Gasteiger partial charge in [-0.3, -0.25) is 19.3 Å². The van der Waals surface area contributed by atoms with Gasteiger partial charge in [-0.25, -0.2) is 0 Å². The Labute approximate surface area is 162 Å². The molecule has 1 N–H and O–H groups in total. The molecule has 138 valence electrons. The largest absolute Gasteiger partial charge is 0.324 e. The van der Waals surface area contributed by atoms with Crippen LogP contribution in [0.15, 0.2) is 78.9 Å². The lowest BCUT2D eigenvalue weighted by molar-refractivity contribution is -0.116. The summed E-state index contributed by atoms with van der Waals surface area (Å²) < 4.78 is 0. The molecule has 3 amide bonds. The number of amides is 3. The standard InChI is InChI=1S/C23H18N2O3/c1-25-22(27)17-13-8-14-18(20(17)23(25)28)24-21(26)19(15-9-4-2-5-10-15)16-11-6-3-7-12-16/h2-14,19H,1H3,(H,24,26). The van der Waals surface area contributed by atoms with Crippen LogP contribution in [0.2, 0.25) is 0 Å². The van der Waals surface area contributed by atoms with E-state index in [2.05, 4.69) is 5.32 Å². The number of carbonyl (C=O) groups excluding carboxylic acids is 3. The third kappa shape index (κ3) is 2.97. The monoisotopic (exact) mass is 370 g/mol. The number of benzene rings is 3. The van der Waals surface area contributed by atoms with Crippen molar-refractivity contribution < 1.29 is 14.4 Å². The minimum atomic E-state index is -0.539. The predicted molar refractivity (Wildman–Crippen MR) is 106 cm³/mol. The van der Waals surface area contributed by atoms with E-state index < -0.39 is 11.8 Å². The Bertz CT molecular complexity index is 1020. The quantitative estimate of drug-likeness (QED) is 0.713. The van der Waals surface area contributed by atoms with E-state index in [0.717, 1.165) is 16.0 Å². The zero-order valence-electron chi connectivity index (χ0n) is 15.3. The lowest BCUT2D eigenvalue weighted by Gasteiger charge is -2.18. The molecule has 3 aromatic rings. The lowest BCUT2D eigenvalue weighted by atomic mass is 9.90. The number of rotatable bonds is 4. The molecule has 5 heteroatoms. The highest BCUT2D eigenvalue weighted by molar-refractivity contribution is 6.24. The zero-order valence-corrected chi connectivity index (χ0v) is 15.3. The fraction of sp³-hybridized carbons (Fsp3) is 0.0870. The summed E-state index contributed by atoms with van der Waals surface area (Å²) in [4.78, 5) is 39.0. The van der Waals surface area contributed by atoms with Crippen LogP contribution in [-0.4, -0.2) is 29.7 Å². The predicted octanol–water partition coefficient (Wildman–Crippen LogP) is 3.68. The zero-order chi connectivity index (χ0) is 19.7. The first-order valence-corrected chi connectivity index (χ1v) is 8.94. The molecular formula is C23H18N2O3. The molecule has 0 spiro atoms. The second-order valence-corrected chi connectivity index (χ2v) is 6.64. The SMILES string of the molecule is CN1C(=O)c2cccc(NC(=O)C(c3ccccc3)c3ccccc3)c2C1=O. The summed E-state index contributed by atoms with van der Waals surface area (Å²) in [5.41, 5.74) is 2.59. The number of hydrogen-bond donors (Lipinski definition) is 1. The summed E-state index contributed by atoms with van der Waals surface area (Å²) in [6.45, 7) is 0. The number of imide groups is 1. The van der Waals surface area contributed by atoms with Crippen LogP contribution >= 0.6 is 0 Å². The molecule has 0 atom stereocenters. The minimum absolute atomic E-state index is 0.239. The molecule has 4 rings (SSSR count). The van der Waals surface area contributed by atoms with Gasteiger partial charge in [0, 0.05) is 7.05 Å². The Kier molecular flexibility index (Phi) is 4.49. The van der Waals surface area contributed by atoms with E-state index in [9.17, 15) is 14.4 Å². The number of anilines is 1. The third-order valence-corrected chi connectivity index (χ3v) is 4.90. The summed E-state index contributed by atoms with van der Waals surface area (Å²) in [6, 6.07) is 23.8. The highest BCUT2D eigenvalue weighted by atomic mass is 16.2. The number of nitrogens with one attached hydrogen (secondary N) is 1. The fourth-order valence-corrected chi connectivity index (χ4v) is 3.50. The van der Waals surface area contributed by atoms with Gasteiger partial charge in [-0.2, -0.15) is 0 Å². The van der Waals surface area contributed by atoms with E-state index in [0.29, 0.717) is 11.3 Å². The maximum Gasteiger partial charge on any atom is 0.263 e. The molecule has 5 nitrogen and oxygen atoms in total. The topological polar surface area (TPSA) is 66.5 Å². The number of fused-ring (bicyclic) bond motifs is 1. The molecular weight excluding hydrogens is 352 g/mol. The number of nitrogens with zero attached hydrogens (tertiary/aromatic N) is 1. The summed E-state index contributed by atoms with van der Waals surface area (Å²) in [5.74, 6) is -1.57.